The highest BCUT2D eigenvalue weighted by Gasteiger charge is 2.38. The van der Waals surface area contributed by atoms with Gasteiger partial charge in [-0.3, -0.25) is 4.57 Å². The molecule has 3 rings (SSSR count). The smallest absolute Gasteiger partial charge is 0.241 e. The van der Waals surface area contributed by atoms with E-state index in [9.17, 15) is 4.57 Å². The maximum absolute atomic E-state index is 14.1. The quantitative estimate of drug-likeness (QED) is 0.815. The van der Waals surface area contributed by atoms with Crippen LogP contribution in [0.2, 0.25) is 0 Å². The summed E-state index contributed by atoms with van der Waals surface area (Å²) in [5.74, 6) is 0. The third-order valence-electron chi connectivity index (χ3n) is 4.14. The van der Waals surface area contributed by atoms with Gasteiger partial charge in [-0.2, -0.15) is 0 Å². The minimum Gasteiger partial charge on any atom is -0.328 e. The summed E-state index contributed by atoms with van der Waals surface area (Å²) in [4.78, 5) is 4.47. The molecule has 1 saturated heterocycles. The van der Waals surface area contributed by atoms with Crippen LogP contribution in [0.3, 0.4) is 0 Å². The molecule has 0 bridgehead atoms. The van der Waals surface area contributed by atoms with Crippen molar-refractivity contribution in [2.24, 2.45) is 0 Å². The van der Waals surface area contributed by atoms with Crippen molar-refractivity contribution in [1.82, 2.24) is 14.2 Å². The number of piperidine rings is 1. The Kier molecular flexibility index (Phi) is 4.27. The van der Waals surface area contributed by atoms with Gasteiger partial charge in [0.2, 0.25) is 7.29 Å². The van der Waals surface area contributed by atoms with Crippen molar-refractivity contribution in [2.75, 3.05) is 13.1 Å². The zero-order valence-electron chi connectivity index (χ0n) is 12.5. The normalized spacial score (nSPS) is 19.3. The summed E-state index contributed by atoms with van der Waals surface area (Å²) in [5.41, 5.74) is 0.720. The molecule has 0 aliphatic carbocycles. The second-order valence-electron chi connectivity index (χ2n) is 5.44. The van der Waals surface area contributed by atoms with Gasteiger partial charge in [0.25, 0.3) is 0 Å². The molecule has 1 aliphatic rings. The summed E-state index contributed by atoms with van der Waals surface area (Å²) in [6, 6.07) is 9.85. The van der Waals surface area contributed by atoms with E-state index in [-0.39, 0.29) is 0 Å². The van der Waals surface area contributed by atoms with Crippen LogP contribution >= 0.6 is 7.29 Å². The summed E-state index contributed by atoms with van der Waals surface area (Å²) in [6.45, 7) is 4.64. The van der Waals surface area contributed by atoms with Crippen molar-refractivity contribution in [1.29, 1.82) is 0 Å². The molecule has 2 aromatic rings. The monoisotopic (exact) mass is 303 g/mol. The lowest BCUT2D eigenvalue weighted by Gasteiger charge is -2.34. The van der Waals surface area contributed by atoms with Crippen molar-refractivity contribution in [3.63, 3.8) is 0 Å². The fourth-order valence-corrected chi connectivity index (χ4v) is 6.03. The summed E-state index contributed by atoms with van der Waals surface area (Å²) >= 11 is 0. The molecule has 0 saturated carbocycles. The Bertz CT molecular complexity index is 632. The topological polar surface area (TPSA) is 38.1 Å². The van der Waals surface area contributed by atoms with Crippen LogP contribution in [0.1, 0.15) is 26.2 Å². The van der Waals surface area contributed by atoms with Gasteiger partial charge in [0.15, 0.2) is 5.57 Å². The lowest BCUT2D eigenvalue weighted by molar-refractivity contribution is 0.351. The highest BCUT2D eigenvalue weighted by atomic mass is 31.2. The molecular weight excluding hydrogens is 281 g/mol. The highest BCUT2D eigenvalue weighted by Crippen LogP contribution is 2.48. The van der Waals surface area contributed by atoms with E-state index in [1.54, 1.807) is 6.20 Å². The van der Waals surface area contributed by atoms with E-state index in [0.29, 0.717) is 0 Å². The highest BCUT2D eigenvalue weighted by molar-refractivity contribution is 7.76. The Labute approximate surface area is 126 Å². The molecule has 1 aromatic carbocycles. The predicted octanol–water partition coefficient (Wildman–Crippen LogP) is 2.62. The summed E-state index contributed by atoms with van der Waals surface area (Å²) in [6.07, 6.45) is 7.15. The second kappa shape index (κ2) is 6.17. The Morgan fingerprint density at radius 2 is 1.86 bits per heavy atom. The Balaban J connectivity index is 2.13. The number of imidazole rings is 1. The fourth-order valence-electron chi connectivity index (χ4n) is 3.01. The van der Waals surface area contributed by atoms with E-state index in [1.165, 1.54) is 6.42 Å². The first-order valence-electron chi connectivity index (χ1n) is 7.69. The predicted molar refractivity (Wildman–Crippen MR) is 86.6 cm³/mol. The third-order valence-corrected chi connectivity index (χ3v) is 7.25. The van der Waals surface area contributed by atoms with Crippen LogP contribution in [0.25, 0.3) is 0 Å². The molecule has 1 unspecified atom stereocenters. The molecule has 21 heavy (non-hydrogen) atoms. The molecule has 1 fully saturated rings. The third kappa shape index (κ3) is 2.58. The number of benzene rings is 1. The molecule has 1 atom stereocenters. The average molecular weight is 303 g/mol. The van der Waals surface area contributed by atoms with Gasteiger partial charge in [0.1, 0.15) is 0 Å². The average Bonchev–Trinajstić information content (AvgIpc) is 3.05. The minimum absolute atomic E-state index is 0.720. The van der Waals surface area contributed by atoms with Crippen molar-refractivity contribution < 1.29 is 4.57 Å². The molecule has 0 radical (unpaired) electrons. The van der Waals surface area contributed by atoms with Gasteiger partial charge < -0.3 is 4.57 Å². The van der Waals surface area contributed by atoms with Crippen LogP contribution in [0.15, 0.2) is 42.7 Å². The number of hydrogen-bond donors (Lipinski definition) is 0. The lowest BCUT2D eigenvalue weighted by atomic mass is 10.2. The van der Waals surface area contributed by atoms with E-state index < -0.39 is 7.29 Å². The standard InChI is InChI=1S/C16H22N3OP/c1-2-18-14-11-17-16(18)21(20,15-9-5-3-6-10-15)19-12-7-4-8-13-19/h3,5-6,9-11,14H,2,4,7-8,12-13H2,1H3. The van der Waals surface area contributed by atoms with Crippen molar-refractivity contribution in [3.05, 3.63) is 42.7 Å². The van der Waals surface area contributed by atoms with Crippen LogP contribution in [0.4, 0.5) is 0 Å². The summed E-state index contributed by atoms with van der Waals surface area (Å²) in [7, 11) is -2.82. The first-order chi connectivity index (χ1) is 10.3. The van der Waals surface area contributed by atoms with Crippen molar-refractivity contribution in [2.45, 2.75) is 32.7 Å². The number of aryl methyl sites for hydroxylation is 1. The SMILES string of the molecule is CCn1ccnc1P(=O)(c1ccccc1)N1CCCCC1. The van der Waals surface area contributed by atoms with E-state index in [2.05, 4.69) is 16.6 Å². The molecule has 112 valence electrons. The van der Waals surface area contributed by atoms with Crippen LogP contribution in [-0.4, -0.2) is 27.3 Å². The summed E-state index contributed by atoms with van der Waals surface area (Å²) < 4.78 is 18.2. The van der Waals surface area contributed by atoms with Gasteiger partial charge in [0.05, 0.1) is 0 Å². The van der Waals surface area contributed by atoms with Crippen LogP contribution < -0.4 is 10.9 Å². The van der Waals surface area contributed by atoms with Gasteiger partial charge in [-0.1, -0.05) is 24.6 Å². The number of nitrogens with zero attached hydrogens (tertiary/aromatic N) is 3. The molecule has 2 heterocycles. The largest absolute Gasteiger partial charge is 0.328 e. The Morgan fingerprint density at radius 1 is 1.14 bits per heavy atom. The van der Waals surface area contributed by atoms with Gasteiger partial charge in [-0.25, -0.2) is 9.65 Å². The summed E-state index contributed by atoms with van der Waals surface area (Å²) in [5, 5.41) is 0.896. The molecular formula is C16H22N3OP. The van der Waals surface area contributed by atoms with Crippen LogP contribution in [-0.2, 0) is 11.1 Å². The van der Waals surface area contributed by atoms with E-state index in [0.717, 1.165) is 43.3 Å². The van der Waals surface area contributed by atoms with Gasteiger partial charge in [-0.05, 0) is 31.9 Å². The Hall–Kier alpha value is -1.38. The van der Waals surface area contributed by atoms with Gasteiger partial charge in [0, 0.05) is 37.3 Å². The second-order valence-corrected chi connectivity index (χ2v) is 8.07. The molecule has 5 heteroatoms. The maximum Gasteiger partial charge on any atom is 0.241 e. The van der Waals surface area contributed by atoms with Crippen LogP contribution in [0, 0.1) is 0 Å². The lowest BCUT2D eigenvalue weighted by Crippen LogP contribution is -2.39. The van der Waals surface area contributed by atoms with Crippen molar-refractivity contribution in [3.8, 4) is 0 Å². The molecule has 1 aliphatic heterocycles. The molecule has 1 aromatic heterocycles. The zero-order valence-corrected chi connectivity index (χ0v) is 13.4. The molecule has 0 spiro atoms. The number of hydrogen-bond acceptors (Lipinski definition) is 2. The molecule has 4 nitrogen and oxygen atoms in total. The van der Waals surface area contributed by atoms with Crippen molar-refractivity contribution >= 4 is 18.2 Å². The first-order valence-corrected chi connectivity index (χ1v) is 9.35. The van der Waals surface area contributed by atoms with E-state index in [1.807, 2.05) is 41.1 Å². The number of rotatable bonds is 4. The number of aromatic nitrogens is 2. The van der Waals surface area contributed by atoms with Crippen LogP contribution in [0.5, 0.6) is 0 Å². The fraction of sp³-hybridized carbons (Fsp3) is 0.438. The molecule has 0 amide bonds. The maximum atomic E-state index is 14.1. The minimum atomic E-state index is -2.82. The van der Waals surface area contributed by atoms with E-state index >= 15 is 0 Å². The van der Waals surface area contributed by atoms with Gasteiger partial charge >= 0.3 is 0 Å². The first kappa shape index (κ1) is 14.6. The zero-order chi connectivity index (χ0) is 14.7. The Morgan fingerprint density at radius 3 is 2.52 bits per heavy atom. The van der Waals surface area contributed by atoms with Gasteiger partial charge in [-0.15, -0.1) is 0 Å². The van der Waals surface area contributed by atoms with E-state index in [4.69, 9.17) is 0 Å². The molecule has 0 N–H and O–H groups in total.